The minimum Gasteiger partial charge on any atom is -0.497 e. The molecule has 2 rings (SSSR count). The van der Waals surface area contributed by atoms with Gasteiger partial charge >= 0.3 is 5.97 Å². The Morgan fingerprint density at radius 1 is 1.23 bits per heavy atom. The van der Waals surface area contributed by atoms with Crippen LogP contribution in [0.2, 0.25) is 0 Å². The van der Waals surface area contributed by atoms with E-state index in [1.165, 1.54) is 14.2 Å². The number of hydrogen-bond acceptors (Lipinski definition) is 6. The van der Waals surface area contributed by atoms with E-state index in [4.69, 9.17) is 14.2 Å². The number of aromatic nitrogens is 2. The molecular weight excluding hydrogens is 338 g/mol. The Kier molecular flexibility index (Phi) is 6.21. The molecule has 1 N–H and O–H groups in total. The quantitative estimate of drug-likeness (QED) is 0.763. The lowest BCUT2D eigenvalue weighted by Gasteiger charge is -2.11. The van der Waals surface area contributed by atoms with Crippen molar-refractivity contribution in [3.8, 4) is 11.5 Å². The molecule has 0 aliphatic carbocycles. The molecule has 0 atom stereocenters. The number of nitrogens with zero attached hydrogens (tertiary/aromatic N) is 2. The number of rotatable bonds is 7. The van der Waals surface area contributed by atoms with Crippen molar-refractivity contribution in [2.75, 3.05) is 19.5 Å². The van der Waals surface area contributed by atoms with E-state index in [0.717, 1.165) is 0 Å². The molecule has 0 fully saturated rings. The predicted octanol–water partition coefficient (Wildman–Crippen LogP) is 2.74. The van der Waals surface area contributed by atoms with E-state index in [-0.39, 0.29) is 17.5 Å². The van der Waals surface area contributed by atoms with E-state index >= 15 is 0 Å². The lowest BCUT2D eigenvalue weighted by Crippen LogP contribution is -2.17. The second-order valence-corrected chi connectivity index (χ2v) is 5.72. The molecule has 0 saturated heterocycles. The number of methoxy groups -OCH3 is 2. The first-order valence-corrected chi connectivity index (χ1v) is 8.21. The first-order valence-electron chi connectivity index (χ1n) is 8.21. The summed E-state index contributed by atoms with van der Waals surface area (Å²) < 4.78 is 17.1. The van der Waals surface area contributed by atoms with Gasteiger partial charge < -0.3 is 19.5 Å². The van der Waals surface area contributed by atoms with Crippen molar-refractivity contribution in [2.45, 2.75) is 33.4 Å². The molecule has 0 saturated carbocycles. The maximum atomic E-state index is 12.7. The highest BCUT2D eigenvalue weighted by atomic mass is 16.5. The Labute approximate surface area is 152 Å². The standard InChI is InChI=1S/C18H23N3O5/c1-6-21-10-14(16(20-21)18(23)26-11(2)3)19-17(22)13-8-7-12(24-4)9-15(13)25-5/h7-11H,6H2,1-5H3,(H,19,22). The fourth-order valence-corrected chi connectivity index (χ4v) is 2.27. The van der Waals surface area contributed by atoms with Crippen LogP contribution in [0.4, 0.5) is 5.69 Å². The van der Waals surface area contributed by atoms with E-state index in [2.05, 4.69) is 10.4 Å². The van der Waals surface area contributed by atoms with Crippen molar-refractivity contribution < 1.29 is 23.8 Å². The minimum absolute atomic E-state index is 0.0568. The third kappa shape index (κ3) is 4.33. The van der Waals surface area contributed by atoms with Gasteiger partial charge in [0, 0.05) is 18.8 Å². The van der Waals surface area contributed by atoms with Gasteiger partial charge in [0.2, 0.25) is 0 Å². The molecule has 8 nitrogen and oxygen atoms in total. The van der Waals surface area contributed by atoms with E-state index < -0.39 is 11.9 Å². The molecule has 0 unspecified atom stereocenters. The largest absolute Gasteiger partial charge is 0.497 e. The summed E-state index contributed by atoms with van der Waals surface area (Å²) in [5, 5.41) is 6.88. The van der Waals surface area contributed by atoms with Gasteiger partial charge in [-0.05, 0) is 32.9 Å². The van der Waals surface area contributed by atoms with Crippen molar-refractivity contribution in [3.63, 3.8) is 0 Å². The van der Waals surface area contributed by atoms with Gasteiger partial charge in [0.15, 0.2) is 5.69 Å². The first-order chi connectivity index (χ1) is 12.4. The van der Waals surface area contributed by atoms with Gasteiger partial charge in [-0.1, -0.05) is 0 Å². The Morgan fingerprint density at radius 3 is 2.54 bits per heavy atom. The topological polar surface area (TPSA) is 91.7 Å². The fraction of sp³-hybridized carbons (Fsp3) is 0.389. The second kappa shape index (κ2) is 8.37. The Morgan fingerprint density at radius 2 is 1.96 bits per heavy atom. The maximum absolute atomic E-state index is 12.7. The number of nitrogens with one attached hydrogen (secondary N) is 1. The number of carbonyl (C=O) groups is 2. The van der Waals surface area contributed by atoms with E-state index in [0.29, 0.717) is 23.6 Å². The van der Waals surface area contributed by atoms with Crippen LogP contribution >= 0.6 is 0 Å². The van der Waals surface area contributed by atoms with Crippen molar-refractivity contribution >= 4 is 17.6 Å². The highest BCUT2D eigenvalue weighted by Crippen LogP contribution is 2.26. The average Bonchev–Trinajstić information content (AvgIpc) is 3.03. The smallest absolute Gasteiger partial charge is 0.361 e. The third-order valence-corrected chi connectivity index (χ3v) is 3.52. The summed E-state index contributed by atoms with van der Waals surface area (Å²) in [6, 6.07) is 4.85. The number of amides is 1. The van der Waals surface area contributed by atoms with Gasteiger partial charge in [-0.3, -0.25) is 9.48 Å². The van der Waals surface area contributed by atoms with Crippen LogP contribution in [0.25, 0.3) is 0 Å². The molecule has 140 valence electrons. The molecule has 0 aliphatic rings. The molecule has 0 aliphatic heterocycles. The Hall–Kier alpha value is -3.03. The summed E-state index contributed by atoms with van der Waals surface area (Å²) in [5.74, 6) is -0.0996. The number of benzene rings is 1. The zero-order valence-corrected chi connectivity index (χ0v) is 15.5. The number of hydrogen-bond donors (Lipinski definition) is 1. The van der Waals surface area contributed by atoms with E-state index in [1.807, 2.05) is 6.92 Å². The van der Waals surface area contributed by atoms with Gasteiger partial charge in [-0.25, -0.2) is 4.79 Å². The van der Waals surface area contributed by atoms with Gasteiger partial charge in [-0.15, -0.1) is 0 Å². The number of anilines is 1. The molecule has 8 heteroatoms. The molecule has 1 heterocycles. The number of ether oxygens (including phenoxy) is 3. The molecular formula is C18H23N3O5. The van der Waals surface area contributed by atoms with Crippen LogP contribution in [0.5, 0.6) is 11.5 Å². The summed E-state index contributed by atoms with van der Waals surface area (Å²) >= 11 is 0. The van der Waals surface area contributed by atoms with Crippen LogP contribution < -0.4 is 14.8 Å². The highest BCUT2D eigenvalue weighted by Gasteiger charge is 2.22. The van der Waals surface area contributed by atoms with Crippen LogP contribution in [0, 0.1) is 0 Å². The van der Waals surface area contributed by atoms with Gasteiger partial charge in [0.05, 0.1) is 31.6 Å². The molecule has 1 aromatic carbocycles. The summed E-state index contributed by atoms with van der Waals surface area (Å²) in [4.78, 5) is 24.9. The lowest BCUT2D eigenvalue weighted by molar-refractivity contribution is 0.0371. The maximum Gasteiger partial charge on any atom is 0.361 e. The third-order valence-electron chi connectivity index (χ3n) is 3.52. The van der Waals surface area contributed by atoms with Gasteiger partial charge in [0.25, 0.3) is 5.91 Å². The minimum atomic E-state index is -0.593. The summed E-state index contributed by atoms with van der Waals surface area (Å²) in [5.41, 5.74) is 0.641. The predicted molar refractivity (Wildman–Crippen MR) is 96.0 cm³/mol. The first kappa shape index (κ1) is 19.3. The number of esters is 1. The van der Waals surface area contributed by atoms with Gasteiger partial charge in [0.1, 0.15) is 11.5 Å². The SMILES string of the molecule is CCn1cc(NC(=O)c2ccc(OC)cc2OC)c(C(=O)OC(C)C)n1. The Balaban J connectivity index is 2.31. The molecule has 2 aromatic rings. The van der Waals surface area contributed by atoms with Crippen LogP contribution in [-0.2, 0) is 11.3 Å². The van der Waals surface area contributed by atoms with Crippen molar-refractivity contribution in [1.82, 2.24) is 9.78 Å². The zero-order chi connectivity index (χ0) is 19.3. The molecule has 1 aromatic heterocycles. The van der Waals surface area contributed by atoms with Crippen molar-refractivity contribution in [3.05, 3.63) is 35.7 Å². The summed E-state index contributed by atoms with van der Waals surface area (Å²) in [6.07, 6.45) is 1.30. The second-order valence-electron chi connectivity index (χ2n) is 5.72. The van der Waals surface area contributed by atoms with E-state index in [9.17, 15) is 9.59 Å². The summed E-state index contributed by atoms with van der Waals surface area (Å²) in [6.45, 7) is 5.91. The van der Waals surface area contributed by atoms with Crippen LogP contribution in [0.15, 0.2) is 24.4 Å². The Bertz CT molecular complexity index is 798. The summed E-state index contributed by atoms with van der Waals surface area (Å²) in [7, 11) is 2.99. The molecule has 0 bridgehead atoms. The highest BCUT2D eigenvalue weighted by molar-refractivity contribution is 6.08. The average molecular weight is 361 g/mol. The normalized spacial score (nSPS) is 10.5. The van der Waals surface area contributed by atoms with Crippen LogP contribution in [0.1, 0.15) is 41.6 Å². The lowest BCUT2D eigenvalue weighted by atomic mass is 10.1. The van der Waals surface area contributed by atoms with Crippen LogP contribution in [-0.4, -0.2) is 42.0 Å². The van der Waals surface area contributed by atoms with Crippen molar-refractivity contribution in [1.29, 1.82) is 0 Å². The van der Waals surface area contributed by atoms with E-state index in [1.54, 1.807) is 42.9 Å². The van der Waals surface area contributed by atoms with Crippen molar-refractivity contribution in [2.24, 2.45) is 0 Å². The molecule has 0 spiro atoms. The molecule has 1 amide bonds. The van der Waals surface area contributed by atoms with Gasteiger partial charge in [-0.2, -0.15) is 5.10 Å². The van der Waals surface area contributed by atoms with Crippen LogP contribution in [0.3, 0.4) is 0 Å². The fourth-order valence-electron chi connectivity index (χ4n) is 2.27. The molecule has 0 radical (unpaired) electrons. The number of carbonyl (C=O) groups excluding carboxylic acids is 2. The number of aryl methyl sites for hydroxylation is 1. The monoisotopic (exact) mass is 361 g/mol. The molecule has 26 heavy (non-hydrogen) atoms. The zero-order valence-electron chi connectivity index (χ0n) is 15.5.